The molecule has 2 amide bonds. The largest absolute Gasteiger partial charge is 0.372 e. The first kappa shape index (κ1) is 24.2. The molecular formula is C26H35N5O3. The molecule has 2 N–H and O–H groups in total. The molecule has 1 aromatic carbocycles. The van der Waals surface area contributed by atoms with Crippen LogP contribution in [-0.2, 0) is 14.3 Å². The van der Waals surface area contributed by atoms with Crippen LogP contribution in [0, 0.1) is 12.8 Å². The van der Waals surface area contributed by atoms with Gasteiger partial charge in [-0.1, -0.05) is 6.07 Å². The number of nitrogens with one attached hydrogen (secondary N) is 2. The highest BCUT2D eigenvalue weighted by Crippen LogP contribution is 2.23. The number of carbonyl (C=O) groups is 2. The number of pyridine rings is 1. The van der Waals surface area contributed by atoms with Crippen molar-refractivity contribution in [3.8, 4) is 0 Å². The first-order valence-electron chi connectivity index (χ1n) is 12.1. The molecule has 3 atom stereocenters. The summed E-state index contributed by atoms with van der Waals surface area (Å²) in [5.74, 6) is 0.319. The van der Waals surface area contributed by atoms with Crippen LogP contribution in [0.5, 0.6) is 0 Å². The molecule has 8 heteroatoms. The quantitative estimate of drug-likeness (QED) is 0.681. The van der Waals surface area contributed by atoms with E-state index in [1.54, 1.807) is 6.07 Å². The number of anilines is 3. The van der Waals surface area contributed by atoms with Gasteiger partial charge in [-0.3, -0.25) is 14.5 Å². The second-order valence-corrected chi connectivity index (χ2v) is 9.49. The van der Waals surface area contributed by atoms with Crippen molar-refractivity contribution in [3.05, 3.63) is 48.2 Å². The molecule has 0 radical (unpaired) electrons. The van der Waals surface area contributed by atoms with Crippen molar-refractivity contribution in [2.45, 2.75) is 45.8 Å². The van der Waals surface area contributed by atoms with Crippen molar-refractivity contribution in [3.63, 3.8) is 0 Å². The highest BCUT2D eigenvalue weighted by Gasteiger charge is 2.27. The lowest BCUT2D eigenvalue weighted by atomic mass is 9.97. The number of hydrogen-bond donors (Lipinski definition) is 2. The normalized spacial score (nSPS) is 23.4. The van der Waals surface area contributed by atoms with Crippen LogP contribution in [0.4, 0.5) is 17.2 Å². The number of piperidine rings is 1. The SMILES string of the molecule is Cc1cccc(NC(=O)C2CCCN(CC(=O)Nc3ccc(N4CC(C)OC(C)C4)cc3)C2)n1. The van der Waals surface area contributed by atoms with Gasteiger partial charge in [0.25, 0.3) is 0 Å². The predicted molar refractivity (Wildman–Crippen MR) is 134 cm³/mol. The van der Waals surface area contributed by atoms with Gasteiger partial charge in [0.05, 0.1) is 24.7 Å². The molecule has 0 spiro atoms. The lowest BCUT2D eigenvalue weighted by Crippen LogP contribution is -2.45. The maximum atomic E-state index is 12.7. The molecule has 2 aliphatic rings. The molecule has 2 fully saturated rings. The van der Waals surface area contributed by atoms with Gasteiger partial charge in [0.15, 0.2) is 0 Å². The number of rotatable bonds is 6. The van der Waals surface area contributed by atoms with Gasteiger partial charge in [-0.25, -0.2) is 4.98 Å². The fraction of sp³-hybridized carbons (Fsp3) is 0.500. The van der Waals surface area contributed by atoms with Crippen molar-refractivity contribution >= 4 is 29.0 Å². The fourth-order valence-corrected chi connectivity index (χ4v) is 4.80. The Labute approximate surface area is 201 Å². The van der Waals surface area contributed by atoms with Gasteiger partial charge in [0, 0.05) is 36.7 Å². The molecule has 34 heavy (non-hydrogen) atoms. The van der Waals surface area contributed by atoms with Gasteiger partial charge >= 0.3 is 0 Å². The van der Waals surface area contributed by atoms with E-state index < -0.39 is 0 Å². The van der Waals surface area contributed by atoms with Gasteiger partial charge in [-0.05, 0) is 76.6 Å². The van der Waals surface area contributed by atoms with Gasteiger partial charge in [-0.15, -0.1) is 0 Å². The summed E-state index contributed by atoms with van der Waals surface area (Å²) in [6, 6.07) is 13.5. The molecule has 0 aliphatic carbocycles. The van der Waals surface area contributed by atoms with Gasteiger partial charge in [0.1, 0.15) is 5.82 Å². The number of likely N-dealkylation sites (tertiary alicyclic amines) is 1. The molecule has 0 saturated carbocycles. The molecule has 3 unspecified atom stereocenters. The van der Waals surface area contributed by atoms with E-state index in [9.17, 15) is 9.59 Å². The highest BCUT2D eigenvalue weighted by atomic mass is 16.5. The molecular weight excluding hydrogens is 430 g/mol. The Kier molecular flexibility index (Phi) is 7.80. The zero-order chi connectivity index (χ0) is 24.1. The minimum absolute atomic E-state index is 0.0365. The third kappa shape index (κ3) is 6.55. The van der Waals surface area contributed by atoms with Crippen LogP contribution in [0.1, 0.15) is 32.4 Å². The fourth-order valence-electron chi connectivity index (χ4n) is 4.80. The second-order valence-electron chi connectivity index (χ2n) is 9.49. The van der Waals surface area contributed by atoms with Crippen LogP contribution in [-0.4, -0.2) is 66.6 Å². The summed E-state index contributed by atoms with van der Waals surface area (Å²) >= 11 is 0. The van der Waals surface area contributed by atoms with Gasteiger partial charge < -0.3 is 20.3 Å². The maximum absolute atomic E-state index is 12.7. The van der Waals surface area contributed by atoms with Gasteiger partial charge in [0.2, 0.25) is 11.8 Å². The number of aromatic nitrogens is 1. The number of hydrogen-bond acceptors (Lipinski definition) is 6. The summed E-state index contributed by atoms with van der Waals surface area (Å²) in [4.78, 5) is 34.1. The van der Waals surface area contributed by atoms with Crippen LogP contribution in [0.2, 0.25) is 0 Å². The summed E-state index contributed by atoms with van der Waals surface area (Å²) in [5.41, 5.74) is 2.77. The molecule has 4 rings (SSSR count). The molecule has 8 nitrogen and oxygen atoms in total. The van der Waals surface area contributed by atoms with E-state index in [1.807, 2.05) is 43.3 Å². The summed E-state index contributed by atoms with van der Waals surface area (Å²) in [6.45, 7) is 9.44. The highest BCUT2D eigenvalue weighted by molar-refractivity contribution is 5.93. The minimum atomic E-state index is -0.151. The number of benzene rings is 1. The van der Waals surface area contributed by atoms with Crippen LogP contribution < -0.4 is 15.5 Å². The van der Waals surface area contributed by atoms with Crippen molar-refractivity contribution in [2.24, 2.45) is 5.92 Å². The Morgan fingerprint density at radius 2 is 1.76 bits per heavy atom. The average Bonchev–Trinajstić information content (AvgIpc) is 2.79. The van der Waals surface area contributed by atoms with Gasteiger partial charge in [-0.2, -0.15) is 0 Å². The number of nitrogens with zero attached hydrogens (tertiary/aromatic N) is 3. The smallest absolute Gasteiger partial charge is 0.238 e. The topological polar surface area (TPSA) is 86.8 Å². The molecule has 1 aromatic heterocycles. The van der Waals surface area contributed by atoms with Crippen molar-refractivity contribution in [1.82, 2.24) is 9.88 Å². The van der Waals surface area contributed by atoms with Crippen molar-refractivity contribution < 1.29 is 14.3 Å². The Balaban J connectivity index is 1.26. The van der Waals surface area contributed by atoms with Crippen molar-refractivity contribution in [1.29, 1.82) is 0 Å². The Hall–Kier alpha value is -2.97. The average molecular weight is 466 g/mol. The number of carbonyl (C=O) groups excluding carboxylic acids is 2. The number of ether oxygens (including phenoxy) is 1. The van der Waals surface area contributed by atoms with Crippen LogP contribution in [0.3, 0.4) is 0 Å². The summed E-state index contributed by atoms with van der Waals surface area (Å²) in [7, 11) is 0. The zero-order valence-electron chi connectivity index (χ0n) is 20.3. The summed E-state index contributed by atoms with van der Waals surface area (Å²) < 4.78 is 5.81. The predicted octanol–water partition coefficient (Wildman–Crippen LogP) is 3.29. The Morgan fingerprint density at radius 1 is 1.03 bits per heavy atom. The summed E-state index contributed by atoms with van der Waals surface area (Å²) in [6.07, 6.45) is 2.10. The van der Waals surface area contributed by atoms with Crippen molar-refractivity contribution in [2.75, 3.05) is 48.3 Å². The third-order valence-corrected chi connectivity index (χ3v) is 6.32. The standard InChI is InChI=1S/C26H35N5O3/c1-18-6-4-8-24(27-18)29-26(33)21-7-5-13-30(16-21)17-25(32)28-22-9-11-23(12-10-22)31-14-19(2)34-20(3)15-31/h4,6,8-12,19-21H,5,7,13-17H2,1-3H3,(H,28,32)(H,27,29,33). The van der Waals surface area contributed by atoms with E-state index in [-0.39, 0.29) is 36.5 Å². The second kappa shape index (κ2) is 11.0. The van der Waals surface area contributed by atoms with Crippen LogP contribution in [0.15, 0.2) is 42.5 Å². The van der Waals surface area contributed by atoms with E-state index >= 15 is 0 Å². The Bertz CT molecular complexity index is 986. The lowest BCUT2D eigenvalue weighted by molar-refractivity contribution is -0.123. The lowest BCUT2D eigenvalue weighted by Gasteiger charge is -2.36. The van der Waals surface area contributed by atoms with E-state index in [4.69, 9.17) is 4.74 Å². The summed E-state index contributed by atoms with van der Waals surface area (Å²) in [5, 5.41) is 5.91. The molecule has 2 aromatic rings. The third-order valence-electron chi connectivity index (χ3n) is 6.32. The minimum Gasteiger partial charge on any atom is -0.372 e. The number of amides is 2. The van der Waals surface area contributed by atoms with E-state index in [1.165, 1.54) is 0 Å². The molecule has 0 bridgehead atoms. The van der Waals surface area contributed by atoms with E-state index in [0.29, 0.717) is 12.4 Å². The zero-order valence-corrected chi connectivity index (χ0v) is 20.3. The molecule has 182 valence electrons. The first-order chi connectivity index (χ1) is 16.4. The monoisotopic (exact) mass is 465 g/mol. The van der Waals surface area contributed by atoms with Crippen LogP contribution >= 0.6 is 0 Å². The molecule has 3 heterocycles. The molecule has 2 aliphatic heterocycles. The first-order valence-corrected chi connectivity index (χ1v) is 12.1. The van der Waals surface area contributed by atoms with Crippen LogP contribution in [0.25, 0.3) is 0 Å². The number of morpholine rings is 1. The van der Waals surface area contributed by atoms with E-state index in [2.05, 4.69) is 39.3 Å². The Morgan fingerprint density at radius 3 is 2.47 bits per heavy atom. The maximum Gasteiger partial charge on any atom is 0.238 e. The number of aryl methyl sites for hydroxylation is 1. The van der Waals surface area contributed by atoms with E-state index in [0.717, 1.165) is 49.5 Å². The molecule has 2 saturated heterocycles.